The van der Waals surface area contributed by atoms with Crippen molar-refractivity contribution >= 4 is 18.1 Å². The van der Waals surface area contributed by atoms with Gasteiger partial charge < -0.3 is 4.74 Å². The summed E-state index contributed by atoms with van der Waals surface area (Å²) in [4.78, 5) is 21.2. The Labute approximate surface area is 75.5 Å². The maximum Gasteiger partial charge on any atom is 0.340 e. The van der Waals surface area contributed by atoms with Crippen molar-refractivity contribution in [2.45, 2.75) is 0 Å². The lowest BCUT2D eigenvalue weighted by Gasteiger charge is -2.02. The van der Waals surface area contributed by atoms with Crippen LogP contribution < -0.4 is 5.32 Å². The fourth-order valence-electron chi connectivity index (χ4n) is 0.926. The second-order valence-corrected chi connectivity index (χ2v) is 2.24. The van der Waals surface area contributed by atoms with E-state index in [0.29, 0.717) is 12.1 Å². The van der Waals surface area contributed by atoms with E-state index in [1.165, 1.54) is 7.11 Å². The summed E-state index contributed by atoms with van der Waals surface area (Å²) in [6.45, 7) is 0. The standard InChI is InChI=1S/C9H8NO3/c1-13-9(12)7-4-2-3-5-8(7)10-6-11/h2-6H,1H3. The number of hydrogen-bond acceptors (Lipinski definition) is 3. The van der Waals surface area contributed by atoms with Crippen molar-refractivity contribution in [2.24, 2.45) is 0 Å². The van der Waals surface area contributed by atoms with Crippen LogP contribution in [-0.4, -0.2) is 19.5 Å². The molecule has 0 aromatic heterocycles. The number of nitrogens with zero attached hydrogens (tertiary/aromatic N) is 1. The van der Waals surface area contributed by atoms with Gasteiger partial charge in [-0.25, -0.2) is 10.1 Å². The number of carbonyl (C=O) groups is 2. The van der Waals surface area contributed by atoms with Crippen molar-refractivity contribution in [2.75, 3.05) is 7.11 Å². The van der Waals surface area contributed by atoms with Gasteiger partial charge in [-0.3, -0.25) is 4.79 Å². The third kappa shape index (κ3) is 2.05. The second kappa shape index (κ2) is 4.25. The molecule has 1 radical (unpaired) electrons. The molecular formula is C9H8NO3. The molecule has 0 unspecified atom stereocenters. The Morgan fingerprint density at radius 3 is 2.77 bits per heavy atom. The molecule has 0 heterocycles. The van der Waals surface area contributed by atoms with Crippen LogP contribution in [0, 0.1) is 0 Å². The van der Waals surface area contributed by atoms with Crippen LogP contribution in [0.15, 0.2) is 24.3 Å². The second-order valence-electron chi connectivity index (χ2n) is 2.24. The summed E-state index contributed by atoms with van der Waals surface area (Å²) in [5, 5.41) is 3.49. The largest absolute Gasteiger partial charge is 0.465 e. The van der Waals surface area contributed by atoms with Crippen LogP contribution in [0.3, 0.4) is 0 Å². The summed E-state index contributed by atoms with van der Waals surface area (Å²) in [6.07, 6.45) is 0.391. The summed E-state index contributed by atoms with van der Waals surface area (Å²) in [5.74, 6) is -0.499. The maximum atomic E-state index is 11.1. The van der Waals surface area contributed by atoms with Gasteiger partial charge in [0, 0.05) is 0 Å². The first-order valence-electron chi connectivity index (χ1n) is 3.61. The van der Waals surface area contributed by atoms with Crippen molar-refractivity contribution in [3.8, 4) is 0 Å². The topological polar surface area (TPSA) is 57.5 Å². The number of esters is 1. The minimum atomic E-state index is -0.499. The first-order valence-corrected chi connectivity index (χ1v) is 3.61. The van der Waals surface area contributed by atoms with Crippen molar-refractivity contribution in [1.29, 1.82) is 0 Å². The van der Waals surface area contributed by atoms with E-state index < -0.39 is 5.97 Å². The van der Waals surface area contributed by atoms with E-state index in [1.807, 2.05) is 0 Å². The molecule has 67 valence electrons. The Kier molecular flexibility index (Phi) is 3.03. The summed E-state index contributed by atoms with van der Waals surface area (Å²) in [6, 6.07) is 6.49. The zero-order valence-corrected chi connectivity index (χ0v) is 7.06. The molecule has 0 saturated heterocycles. The number of para-hydroxylation sites is 1. The quantitative estimate of drug-likeness (QED) is 0.509. The van der Waals surface area contributed by atoms with Crippen molar-refractivity contribution in [3.05, 3.63) is 29.8 Å². The minimum absolute atomic E-state index is 0.289. The van der Waals surface area contributed by atoms with Gasteiger partial charge in [0.05, 0.1) is 18.4 Å². The Morgan fingerprint density at radius 2 is 2.15 bits per heavy atom. The molecule has 1 aromatic carbocycles. The summed E-state index contributed by atoms with van der Waals surface area (Å²) >= 11 is 0. The van der Waals surface area contributed by atoms with Gasteiger partial charge in [-0.05, 0) is 12.1 Å². The molecule has 0 bridgehead atoms. The molecule has 13 heavy (non-hydrogen) atoms. The Hall–Kier alpha value is -1.84. The number of ether oxygens (including phenoxy) is 1. The van der Waals surface area contributed by atoms with Crippen LogP contribution in [0.2, 0.25) is 0 Å². The number of rotatable bonds is 3. The molecule has 0 aliphatic heterocycles. The molecule has 1 amide bonds. The van der Waals surface area contributed by atoms with Crippen LogP contribution in [-0.2, 0) is 9.53 Å². The van der Waals surface area contributed by atoms with E-state index in [9.17, 15) is 9.59 Å². The maximum absolute atomic E-state index is 11.1. The van der Waals surface area contributed by atoms with Gasteiger partial charge in [0.1, 0.15) is 0 Å². The average Bonchev–Trinajstić information content (AvgIpc) is 2.18. The molecule has 1 aromatic rings. The summed E-state index contributed by atoms with van der Waals surface area (Å²) in [7, 11) is 1.28. The fourth-order valence-corrected chi connectivity index (χ4v) is 0.926. The SMILES string of the molecule is COC(=O)c1ccccc1[N]C=O. The summed E-state index contributed by atoms with van der Waals surface area (Å²) in [5.41, 5.74) is 0.612. The van der Waals surface area contributed by atoms with Crippen molar-refractivity contribution in [1.82, 2.24) is 5.32 Å². The predicted molar refractivity (Wildman–Crippen MR) is 45.6 cm³/mol. The van der Waals surface area contributed by atoms with Crippen LogP contribution >= 0.6 is 0 Å². The molecule has 0 aliphatic carbocycles. The minimum Gasteiger partial charge on any atom is -0.465 e. The highest BCUT2D eigenvalue weighted by Gasteiger charge is 2.10. The van der Waals surface area contributed by atoms with E-state index in [0.717, 1.165) is 0 Å². The van der Waals surface area contributed by atoms with E-state index in [4.69, 9.17) is 0 Å². The molecule has 4 heteroatoms. The van der Waals surface area contributed by atoms with E-state index >= 15 is 0 Å². The van der Waals surface area contributed by atoms with Crippen molar-refractivity contribution in [3.63, 3.8) is 0 Å². The van der Waals surface area contributed by atoms with Crippen LogP contribution in [0.4, 0.5) is 5.69 Å². The zero-order chi connectivity index (χ0) is 9.68. The Bertz CT molecular complexity index is 322. The number of methoxy groups -OCH3 is 1. The molecule has 0 aliphatic rings. The molecule has 0 spiro atoms. The number of carbonyl (C=O) groups excluding carboxylic acids is 2. The molecule has 0 fully saturated rings. The lowest BCUT2D eigenvalue weighted by atomic mass is 10.2. The molecular weight excluding hydrogens is 170 g/mol. The highest BCUT2D eigenvalue weighted by Crippen LogP contribution is 2.14. The lowest BCUT2D eigenvalue weighted by molar-refractivity contribution is -0.108. The normalized spacial score (nSPS) is 9.00. The van der Waals surface area contributed by atoms with Crippen LogP contribution in [0.25, 0.3) is 0 Å². The van der Waals surface area contributed by atoms with E-state index in [-0.39, 0.29) is 5.56 Å². The van der Waals surface area contributed by atoms with Crippen LogP contribution in [0.5, 0.6) is 0 Å². The third-order valence-electron chi connectivity index (χ3n) is 1.50. The molecule has 1 rings (SSSR count). The number of benzene rings is 1. The summed E-state index contributed by atoms with van der Waals surface area (Å²) < 4.78 is 4.51. The van der Waals surface area contributed by atoms with Gasteiger partial charge in [0.2, 0.25) is 6.41 Å². The highest BCUT2D eigenvalue weighted by atomic mass is 16.5. The van der Waals surface area contributed by atoms with Gasteiger partial charge in [-0.15, -0.1) is 0 Å². The Balaban J connectivity index is 3.03. The molecule has 0 saturated carbocycles. The highest BCUT2D eigenvalue weighted by molar-refractivity contribution is 5.95. The van der Waals surface area contributed by atoms with Crippen molar-refractivity contribution < 1.29 is 14.3 Å². The van der Waals surface area contributed by atoms with Gasteiger partial charge in [0.15, 0.2) is 0 Å². The molecule has 0 N–H and O–H groups in total. The van der Waals surface area contributed by atoms with E-state index in [1.54, 1.807) is 24.3 Å². The number of amides is 1. The monoisotopic (exact) mass is 178 g/mol. The number of hydrogen-bond donors (Lipinski definition) is 0. The first-order chi connectivity index (χ1) is 6.29. The van der Waals surface area contributed by atoms with Gasteiger partial charge in [0.25, 0.3) is 0 Å². The molecule has 0 atom stereocenters. The van der Waals surface area contributed by atoms with E-state index in [2.05, 4.69) is 10.1 Å². The molecule has 4 nitrogen and oxygen atoms in total. The van der Waals surface area contributed by atoms with Gasteiger partial charge >= 0.3 is 5.97 Å². The fraction of sp³-hybridized carbons (Fsp3) is 0.111. The lowest BCUT2D eigenvalue weighted by Crippen LogP contribution is -2.05. The smallest absolute Gasteiger partial charge is 0.340 e. The third-order valence-corrected chi connectivity index (χ3v) is 1.50. The van der Waals surface area contributed by atoms with Gasteiger partial charge in [-0.1, -0.05) is 12.1 Å². The Morgan fingerprint density at radius 1 is 1.46 bits per heavy atom. The first kappa shape index (κ1) is 9.25. The van der Waals surface area contributed by atoms with Crippen LogP contribution in [0.1, 0.15) is 10.4 Å². The average molecular weight is 178 g/mol. The predicted octanol–water partition coefficient (Wildman–Crippen LogP) is 0.865. The zero-order valence-electron chi connectivity index (χ0n) is 7.06. The van der Waals surface area contributed by atoms with Gasteiger partial charge in [-0.2, -0.15) is 0 Å².